The number of carbonyl (C=O) groups excluding carboxylic acids is 1. The zero-order valence-corrected chi connectivity index (χ0v) is 19.9. The summed E-state index contributed by atoms with van der Waals surface area (Å²) in [5.74, 6) is 1.42. The zero-order valence-electron chi connectivity index (χ0n) is 19.1. The number of carbonyl (C=O) groups is 1. The summed E-state index contributed by atoms with van der Waals surface area (Å²) in [6.45, 7) is 9.10. The van der Waals surface area contributed by atoms with Gasteiger partial charge in [0.15, 0.2) is 0 Å². The molecule has 1 aromatic heterocycles. The number of benzene rings is 1. The van der Waals surface area contributed by atoms with Gasteiger partial charge in [0.05, 0.1) is 5.69 Å². The van der Waals surface area contributed by atoms with Gasteiger partial charge < -0.3 is 15.0 Å². The molecule has 0 aliphatic carbocycles. The third-order valence-corrected chi connectivity index (χ3v) is 5.42. The molecule has 2 amide bonds. The normalized spacial score (nSPS) is 14.3. The molecule has 0 spiro atoms. The number of rotatable bonds is 5. The minimum atomic E-state index is -0.109. The third-order valence-electron chi connectivity index (χ3n) is 5.18. The minimum Gasteiger partial charge on any atom is -0.460 e. The molecule has 0 radical (unpaired) electrons. The van der Waals surface area contributed by atoms with Gasteiger partial charge in [-0.15, -0.1) is 0 Å². The lowest BCUT2D eigenvalue weighted by Gasteiger charge is -2.21. The van der Waals surface area contributed by atoms with Crippen molar-refractivity contribution in [2.75, 3.05) is 13.1 Å². The number of aromatic nitrogens is 1. The van der Waals surface area contributed by atoms with Gasteiger partial charge in [0.25, 0.3) is 0 Å². The Kier molecular flexibility index (Phi) is 8.12. The van der Waals surface area contributed by atoms with Crippen molar-refractivity contribution in [1.82, 2.24) is 15.2 Å². The van der Waals surface area contributed by atoms with Crippen LogP contribution >= 0.6 is 11.6 Å². The molecule has 1 aromatic carbocycles. The summed E-state index contributed by atoms with van der Waals surface area (Å²) in [7, 11) is 0. The SMILES string of the molecule is CC(C)=C/C(=C\C=C(/C)Oc1cccnc1C)NC(=O)N1CCc2ccc(Cl)cc2CC1. The predicted molar refractivity (Wildman–Crippen MR) is 130 cm³/mol. The van der Waals surface area contributed by atoms with Gasteiger partial charge in [-0.1, -0.05) is 23.2 Å². The molecule has 0 atom stereocenters. The molecule has 3 rings (SSSR count). The fourth-order valence-electron chi connectivity index (χ4n) is 3.53. The van der Waals surface area contributed by atoms with Crippen LogP contribution in [0, 0.1) is 6.92 Å². The van der Waals surface area contributed by atoms with Gasteiger partial charge in [-0.2, -0.15) is 0 Å². The number of aryl methyl sites for hydroxylation is 1. The Bertz CT molecular complexity index is 1070. The van der Waals surface area contributed by atoms with E-state index in [4.69, 9.17) is 16.3 Å². The molecule has 0 saturated carbocycles. The van der Waals surface area contributed by atoms with Crippen molar-refractivity contribution in [1.29, 1.82) is 0 Å². The van der Waals surface area contributed by atoms with Gasteiger partial charge >= 0.3 is 6.03 Å². The molecule has 32 heavy (non-hydrogen) atoms. The van der Waals surface area contributed by atoms with Crippen molar-refractivity contribution in [2.24, 2.45) is 0 Å². The molecule has 0 fully saturated rings. The van der Waals surface area contributed by atoms with Crippen molar-refractivity contribution in [3.63, 3.8) is 0 Å². The maximum Gasteiger partial charge on any atom is 0.321 e. The molecule has 0 saturated heterocycles. The van der Waals surface area contributed by atoms with Gasteiger partial charge in [-0.05, 0) is 94.2 Å². The number of pyridine rings is 1. The average molecular weight is 452 g/mol. The lowest BCUT2D eigenvalue weighted by molar-refractivity contribution is 0.203. The van der Waals surface area contributed by atoms with Crippen LogP contribution in [0.15, 0.2) is 71.8 Å². The van der Waals surface area contributed by atoms with E-state index in [9.17, 15) is 4.79 Å². The number of allylic oxidation sites excluding steroid dienone is 5. The standard InChI is InChI=1S/C26H30ClN3O2/c1-18(2)16-24(10-7-19(3)32-25-6-5-13-28-20(25)4)29-26(31)30-14-11-21-8-9-23(27)17-22(21)12-15-30/h5-10,13,16-17H,11-12,14-15H2,1-4H3,(H,29,31)/b19-7+,24-10+. The number of urea groups is 1. The molecule has 0 unspecified atom stereocenters. The predicted octanol–water partition coefficient (Wildman–Crippen LogP) is 5.99. The molecule has 6 heteroatoms. The van der Waals surface area contributed by atoms with Gasteiger partial charge in [0, 0.05) is 30.0 Å². The molecule has 0 bridgehead atoms. The maximum absolute atomic E-state index is 13.0. The molecule has 1 N–H and O–H groups in total. The molecule has 5 nitrogen and oxygen atoms in total. The summed E-state index contributed by atoms with van der Waals surface area (Å²) in [5.41, 5.74) is 5.10. The van der Waals surface area contributed by atoms with Crippen molar-refractivity contribution in [2.45, 2.75) is 40.5 Å². The second-order valence-electron chi connectivity index (χ2n) is 8.14. The highest BCUT2D eigenvalue weighted by Crippen LogP contribution is 2.21. The highest BCUT2D eigenvalue weighted by molar-refractivity contribution is 6.30. The first-order valence-electron chi connectivity index (χ1n) is 10.8. The Hall–Kier alpha value is -3.05. The Morgan fingerprint density at radius 2 is 1.88 bits per heavy atom. The smallest absolute Gasteiger partial charge is 0.321 e. The molecular weight excluding hydrogens is 422 g/mol. The van der Waals surface area contributed by atoms with E-state index in [1.165, 1.54) is 11.1 Å². The summed E-state index contributed by atoms with van der Waals surface area (Å²) in [4.78, 5) is 19.1. The fourth-order valence-corrected chi connectivity index (χ4v) is 3.72. The first-order chi connectivity index (χ1) is 15.3. The first kappa shape index (κ1) is 23.6. The second kappa shape index (κ2) is 11.0. The van der Waals surface area contributed by atoms with Crippen LogP contribution in [0.3, 0.4) is 0 Å². The topological polar surface area (TPSA) is 54.5 Å². The van der Waals surface area contributed by atoms with Crippen molar-refractivity contribution < 1.29 is 9.53 Å². The van der Waals surface area contributed by atoms with E-state index in [1.807, 2.05) is 75.1 Å². The van der Waals surface area contributed by atoms with Crippen LogP contribution in [0.5, 0.6) is 5.75 Å². The number of hydrogen-bond donors (Lipinski definition) is 1. The van der Waals surface area contributed by atoms with Crippen LogP contribution in [0.2, 0.25) is 5.02 Å². The van der Waals surface area contributed by atoms with Gasteiger partial charge in [0.2, 0.25) is 0 Å². The number of ether oxygens (including phenoxy) is 1. The lowest BCUT2D eigenvalue weighted by Crippen LogP contribution is -2.40. The van der Waals surface area contributed by atoms with E-state index in [0.717, 1.165) is 29.1 Å². The molecule has 1 aliphatic rings. The number of hydrogen-bond acceptors (Lipinski definition) is 3. The maximum atomic E-state index is 13.0. The van der Waals surface area contributed by atoms with Gasteiger partial charge in [-0.25, -0.2) is 4.79 Å². The summed E-state index contributed by atoms with van der Waals surface area (Å²) in [6, 6.07) is 9.59. The highest BCUT2D eigenvalue weighted by atomic mass is 35.5. The van der Waals surface area contributed by atoms with Crippen LogP contribution in [-0.4, -0.2) is 29.0 Å². The Labute approximate surface area is 195 Å². The lowest BCUT2D eigenvalue weighted by atomic mass is 10.0. The highest BCUT2D eigenvalue weighted by Gasteiger charge is 2.19. The molecule has 1 aliphatic heterocycles. The molecule has 168 valence electrons. The molecular formula is C26H30ClN3O2. The van der Waals surface area contributed by atoms with Crippen LogP contribution < -0.4 is 10.1 Å². The van der Waals surface area contributed by atoms with Crippen molar-refractivity contribution in [3.05, 3.63) is 93.6 Å². The Morgan fingerprint density at radius 1 is 1.12 bits per heavy atom. The quantitative estimate of drug-likeness (QED) is 0.449. The van der Waals surface area contributed by atoms with E-state index in [0.29, 0.717) is 30.3 Å². The van der Waals surface area contributed by atoms with Crippen LogP contribution in [0.25, 0.3) is 0 Å². The van der Waals surface area contributed by atoms with Crippen molar-refractivity contribution in [3.8, 4) is 5.75 Å². The largest absolute Gasteiger partial charge is 0.460 e. The van der Waals surface area contributed by atoms with E-state index in [2.05, 4.69) is 16.4 Å². The monoisotopic (exact) mass is 451 g/mol. The van der Waals surface area contributed by atoms with Crippen molar-refractivity contribution >= 4 is 17.6 Å². The number of fused-ring (bicyclic) bond motifs is 1. The number of amides is 2. The first-order valence-corrected chi connectivity index (χ1v) is 11.2. The minimum absolute atomic E-state index is 0.109. The van der Waals surface area contributed by atoms with E-state index in [-0.39, 0.29) is 6.03 Å². The van der Waals surface area contributed by atoms with Gasteiger partial charge in [0.1, 0.15) is 11.5 Å². The van der Waals surface area contributed by atoms with Crippen LogP contribution in [-0.2, 0) is 12.8 Å². The fraction of sp³-hybridized carbons (Fsp3) is 0.308. The summed E-state index contributed by atoms with van der Waals surface area (Å²) in [5, 5.41) is 3.79. The number of halogens is 1. The summed E-state index contributed by atoms with van der Waals surface area (Å²) < 4.78 is 5.88. The van der Waals surface area contributed by atoms with E-state index in [1.54, 1.807) is 6.20 Å². The van der Waals surface area contributed by atoms with E-state index < -0.39 is 0 Å². The second-order valence-corrected chi connectivity index (χ2v) is 8.58. The molecule has 2 heterocycles. The van der Waals surface area contributed by atoms with Crippen LogP contribution in [0.4, 0.5) is 4.79 Å². The summed E-state index contributed by atoms with van der Waals surface area (Å²) in [6.07, 6.45) is 9.00. The van der Waals surface area contributed by atoms with Gasteiger partial charge in [-0.3, -0.25) is 4.98 Å². The Morgan fingerprint density at radius 3 is 2.59 bits per heavy atom. The number of nitrogens with zero attached hydrogens (tertiary/aromatic N) is 2. The van der Waals surface area contributed by atoms with E-state index >= 15 is 0 Å². The third kappa shape index (κ3) is 6.72. The molecule has 2 aromatic rings. The number of nitrogens with one attached hydrogen (secondary N) is 1. The van der Waals surface area contributed by atoms with Crippen LogP contribution in [0.1, 0.15) is 37.6 Å². The zero-order chi connectivity index (χ0) is 23.1. The average Bonchev–Trinajstić information content (AvgIpc) is 2.95. The summed E-state index contributed by atoms with van der Waals surface area (Å²) >= 11 is 6.14. The Balaban J connectivity index is 1.69.